The molecule has 0 bridgehead atoms. The van der Waals surface area contributed by atoms with Gasteiger partial charge in [-0.2, -0.15) is 24.9 Å². The summed E-state index contributed by atoms with van der Waals surface area (Å²) in [7, 11) is -3.96. The average Bonchev–Trinajstić information content (AvgIpc) is 2.69. The van der Waals surface area contributed by atoms with Crippen molar-refractivity contribution in [1.82, 2.24) is 0 Å². The first kappa shape index (κ1) is 25.3. The van der Waals surface area contributed by atoms with Crippen molar-refractivity contribution in [1.29, 1.82) is 0 Å². The van der Waals surface area contributed by atoms with Crippen LogP contribution in [-0.4, -0.2) is 49.8 Å². The van der Waals surface area contributed by atoms with E-state index in [4.69, 9.17) is 11.6 Å². The fourth-order valence-corrected chi connectivity index (χ4v) is 4.21. The molecule has 0 radical (unpaired) electrons. The van der Waals surface area contributed by atoms with Crippen LogP contribution in [0.1, 0.15) is 6.92 Å². The first-order valence-electron chi connectivity index (χ1n) is 8.79. The van der Waals surface area contributed by atoms with Crippen LogP contribution < -0.4 is 10.6 Å². The Morgan fingerprint density at radius 1 is 1.13 bits per heavy atom. The highest BCUT2D eigenvalue weighted by atomic mass is 35.5. The van der Waals surface area contributed by atoms with Gasteiger partial charge in [0.1, 0.15) is 0 Å². The monoisotopic (exact) mass is 496 g/mol. The van der Waals surface area contributed by atoms with E-state index >= 15 is 0 Å². The summed E-state index contributed by atoms with van der Waals surface area (Å²) in [6, 6.07) is 9.23. The summed E-state index contributed by atoms with van der Waals surface area (Å²) >= 11 is 7.64. The molecular weight excluding hydrogens is 477 g/mol. The number of benzene rings is 2. The van der Waals surface area contributed by atoms with Crippen molar-refractivity contribution in [2.75, 3.05) is 29.2 Å². The standard InChI is InChI=1S/C19H20ClF3N2O4S2/c1-18(27,19(21,22)23)17(26)25-16-8-7-14(11-15(16)20)31(28,29)13-5-3-12(4-6-13)24-9-10-30-2/h3-8,11,24,27H,9-10H2,1-2H3,(H,25,26)/t18-/m1/s1. The summed E-state index contributed by atoms with van der Waals surface area (Å²) in [5.41, 5.74) is -3.17. The van der Waals surface area contributed by atoms with Gasteiger partial charge in [-0.3, -0.25) is 4.79 Å². The topological polar surface area (TPSA) is 95.5 Å². The molecule has 12 heteroatoms. The number of hydrogen-bond donors (Lipinski definition) is 3. The molecule has 1 atom stereocenters. The van der Waals surface area contributed by atoms with Gasteiger partial charge in [-0.05, 0) is 55.6 Å². The van der Waals surface area contributed by atoms with Crippen molar-refractivity contribution in [3.63, 3.8) is 0 Å². The van der Waals surface area contributed by atoms with Gasteiger partial charge in [0.15, 0.2) is 0 Å². The number of amides is 1. The molecule has 0 saturated carbocycles. The highest BCUT2D eigenvalue weighted by Crippen LogP contribution is 2.33. The number of nitrogens with one attached hydrogen (secondary N) is 2. The lowest BCUT2D eigenvalue weighted by Crippen LogP contribution is -2.52. The van der Waals surface area contributed by atoms with Crippen molar-refractivity contribution >= 4 is 50.5 Å². The second-order valence-electron chi connectivity index (χ2n) is 6.61. The average molecular weight is 497 g/mol. The minimum absolute atomic E-state index is 0.00391. The van der Waals surface area contributed by atoms with E-state index in [-0.39, 0.29) is 20.5 Å². The van der Waals surface area contributed by atoms with Crippen LogP contribution in [0.25, 0.3) is 0 Å². The Labute approximate surface area is 187 Å². The molecule has 31 heavy (non-hydrogen) atoms. The van der Waals surface area contributed by atoms with Crippen molar-refractivity contribution < 1.29 is 31.5 Å². The second-order valence-corrected chi connectivity index (χ2v) is 9.96. The number of halogens is 4. The van der Waals surface area contributed by atoms with Crippen molar-refractivity contribution in [2.24, 2.45) is 0 Å². The van der Waals surface area contributed by atoms with Gasteiger partial charge < -0.3 is 15.7 Å². The Bertz CT molecular complexity index is 1040. The molecule has 0 heterocycles. The van der Waals surface area contributed by atoms with E-state index in [1.54, 1.807) is 23.9 Å². The van der Waals surface area contributed by atoms with Gasteiger partial charge in [-0.1, -0.05) is 11.6 Å². The maximum atomic E-state index is 12.8. The van der Waals surface area contributed by atoms with Crippen molar-refractivity contribution in [3.05, 3.63) is 47.5 Å². The van der Waals surface area contributed by atoms with E-state index in [0.29, 0.717) is 6.92 Å². The van der Waals surface area contributed by atoms with Gasteiger partial charge in [-0.25, -0.2) is 8.42 Å². The smallest absolute Gasteiger partial charge is 0.384 e. The lowest BCUT2D eigenvalue weighted by atomic mass is 10.1. The second kappa shape index (κ2) is 9.68. The van der Waals surface area contributed by atoms with E-state index in [0.717, 1.165) is 36.2 Å². The van der Waals surface area contributed by atoms with Crippen molar-refractivity contribution in [3.8, 4) is 0 Å². The zero-order chi connectivity index (χ0) is 23.4. The first-order valence-corrected chi connectivity index (χ1v) is 12.0. The van der Waals surface area contributed by atoms with E-state index in [1.165, 1.54) is 12.1 Å². The van der Waals surface area contributed by atoms with Crippen LogP contribution in [0.2, 0.25) is 5.02 Å². The van der Waals surface area contributed by atoms with E-state index in [2.05, 4.69) is 5.32 Å². The molecule has 0 spiro atoms. The van der Waals surface area contributed by atoms with E-state index < -0.39 is 27.5 Å². The maximum absolute atomic E-state index is 12.8. The van der Waals surface area contributed by atoms with Crippen LogP contribution in [0, 0.1) is 0 Å². The number of hydrogen-bond acceptors (Lipinski definition) is 6. The van der Waals surface area contributed by atoms with E-state index in [9.17, 15) is 31.5 Å². The molecule has 0 aliphatic heterocycles. The number of carbonyl (C=O) groups excluding carboxylic acids is 1. The summed E-state index contributed by atoms with van der Waals surface area (Å²) in [5.74, 6) is -0.859. The third-order valence-corrected chi connectivity index (χ3v) is 6.99. The zero-order valence-corrected chi connectivity index (χ0v) is 18.8. The Hall–Kier alpha value is -1.95. The summed E-state index contributed by atoms with van der Waals surface area (Å²) in [6.07, 6.45) is -3.23. The molecule has 170 valence electrons. The SMILES string of the molecule is CSCCNc1ccc(S(=O)(=O)c2ccc(NC(=O)[C@@](C)(O)C(F)(F)F)c(Cl)c2)cc1. The number of thioether (sulfide) groups is 1. The number of carbonyl (C=O) groups is 1. The number of rotatable bonds is 8. The highest BCUT2D eigenvalue weighted by molar-refractivity contribution is 7.98. The van der Waals surface area contributed by atoms with Gasteiger partial charge in [0, 0.05) is 18.0 Å². The van der Waals surface area contributed by atoms with Gasteiger partial charge in [0.05, 0.1) is 20.5 Å². The lowest BCUT2D eigenvalue weighted by Gasteiger charge is -2.25. The Kier molecular flexibility index (Phi) is 7.90. The largest absolute Gasteiger partial charge is 0.426 e. The molecule has 2 rings (SSSR count). The number of alkyl halides is 3. The Balaban J connectivity index is 2.22. The molecular formula is C19H20ClF3N2O4S2. The molecule has 0 aliphatic carbocycles. The Morgan fingerprint density at radius 2 is 1.71 bits per heavy atom. The number of aliphatic hydroxyl groups is 1. The molecule has 1 amide bonds. The van der Waals surface area contributed by atoms with Crippen LogP contribution in [0.15, 0.2) is 52.3 Å². The lowest BCUT2D eigenvalue weighted by molar-refractivity contribution is -0.242. The quantitative estimate of drug-likeness (QED) is 0.474. The van der Waals surface area contributed by atoms with Crippen molar-refractivity contribution in [2.45, 2.75) is 28.5 Å². The molecule has 0 aromatic heterocycles. The van der Waals surface area contributed by atoms with Gasteiger partial charge in [-0.15, -0.1) is 0 Å². The van der Waals surface area contributed by atoms with Crippen LogP contribution in [0.3, 0.4) is 0 Å². The summed E-state index contributed by atoms with van der Waals surface area (Å²) in [4.78, 5) is 11.6. The normalized spacial score (nSPS) is 14.0. The molecule has 6 nitrogen and oxygen atoms in total. The molecule has 0 aliphatic rings. The third kappa shape index (κ3) is 5.85. The number of anilines is 2. The summed E-state index contributed by atoms with van der Waals surface area (Å²) < 4.78 is 64.0. The molecule has 3 N–H and O–H groups in total. The van der Waals surface area contributed by atoms with Gasteiger partial charge in [0.25, 0.3) is 5.91 Å². The molecule has 0 unspecified atom stereocenters. The van der Waals surface area contributed by atoms with Crippen LogP contribution in [0.5, 0.6) is 0 Å². The maximum Gasteiger partial charge on any atom is 0.426 e. The fourth-order valence-electron chi connectivity index (χ4n) is 2.32. The Morgan fingerprint density at radius 3 is 2.23 bits per heavy atom. The van der Waals surface area contributed by atoms with Crippen LogP contribution in [-0.2, 0) is 14.6 Å². The summed E-state index contributed by atoms with van der Waals surface area (Å²) in [5, 5.41) is 14.1. The molecule has 2 aromatic rings. The first-order chi connectivity index (χ1) is 14.3. The van der Waals surface area contributed by atoms with Gasteiger partial charge >= 0.3 is 6.18 Å². The predicted octanol–water partition coefficient (Wildman–Crippen LogP) is 4.20. The third-order valence-electron chi connectivity index (χ3n) is 4.29. The fraction of sp³-hybridized carbons (Fsp3) is 0.316. The molecule has 0 fully saturated rings. The molecule has 2 aromatic carbocycles. The van der Waals surface area contributed by atoms with E-state index in [1.807, 2.05) is 11.6 Å². The van der Waals surface area contributed by atoms with Crippen LogP contribution >= 0.6 is 23.4 Å². The predicted molar refractivity (Wildman–Crippen MR) is 116 cm³/mol. The summed E-state index contributed by atoms with van der Waals surface area (Å²) in [6.45, 7) is 1.02. The van der Waals surface area contributed by atoms with Crippen LogP contribution in [0.4, 0.5) is 24.5 Å². The zero-order valence-electron chi connectivity index (χ0n) is 16.5. The number of sulfone groups is 1. The minimum Gasteiger partial charge on any atom is -0.384 e. The molecule has 0 saturated heterocycles. The highest BCUT2D eigenvalue weighted by Gasteiger charge is 2.55. The van der Waals surface area contributed by atoms with Gasteiger partial charge in [0.2, 0.25) is 15.4 Å². The minimum atomic E-state index is -5.21.